The van der Waals surface area contributed by atoms with Crippen LogP contribution in [0.4, 0.5) is 8.78 Å². The van der Waals surface area contributed by atoms with E-state index in [4.69, 9.17) is 23.7 Å². The molecule has 2 saturated heterocycles. The minimum atomic E-state index is -1.20. The number of hydrogen-bond donors (Lipinski definition) is 4. The average molecular weight is 827 g/mol. The summed E-state index contributed by atoms with van der Waals surface area (Å²) < 4.78 is 57.9. The molecule has 2 aromatic rings. The van der Waals surface area contributed by atoms with Crippen molar-refractivity contribution in [1.29, 1.82) is 0 Å². The third-order valence-electron chi connectivity index (χ3n) is 10.7. The number of rotatable bonds is 8. The number of ether oxygens (including phenoxy) is 5. The highest BCUT2D eigenvalue weighted by Gasteiger charge is 2.44. The quantitative estimate of drug-likeness (QED) is 0.152. The maximum absolute atomic E-state index is 14.6. The zero-order valence-electron chi connectivity index (χ0n) is 35.5. The largest absolute Gasteiger partial charge is 0.478 e. The minimum Gasteiger partial charge on any atom is -0.478 e. The molecule has 4 N–H and O–H groups in total. The number of benzene rings is 2. The number of carboxylic acids is 1. The number of aliphatic hydroxyl groups is 3. The van der Waals surface area contributed by atoms with Crippen LogP contribution in [0.3, 0.4) is 0 Å². The van der Waals surface area contributed by atoms with Gasteiger partial charge in [-0.25, -0.2) is 18.4 Å². The van der Waals surface area contributed by atoms with Crippen LogP contribution in [0.15, 0.2) is 60.7 Å². The van der Waals surface area contributed by atoms with Gasteiger partial charge in [0.1, 0.15) is 42.2 Å². The molecular weight excluding hydrogens is 766 g/mol. The van der Waals surface area contributed by atoms with Gasteiger partial charge in [-0.2, -0.15) is 0 Å². The van der Waals surface area contributed by atoms with Crippen molar-refractivity contribution in [3.63, 3.8) is 0 Å². The summed E-state index contributed by atoms with van der Waals surface area (Å²) in [6, 6.07) is 5.58. The summed E-state index contributed by atoms with van der Waals surface area (Å²) in [5.74, 6) is -4.90. The van der Waals surface area contributed by atoms with Crippen molar-refractivity contribution in [2.45, 2.75) is 142 Å². The lowest BCUT2D eigenvalue weighted by Gasteiger charge is -2.22. The first kappa shape index (κ1) is 47.6. The van der Waals surface area contributed by atoms with E-state index in [9.17, 15) is 38.8 Å². The Labute approximate surface area is 346 Å². The third-order valence-corrected chi connectivity index (χ3v) is 10.7. The number of aliphatic hydroxyl groups excluding tert-OH is 3. The molecular formula is C46H60F2O11. The molecule has 3 aliphatic heterocycles. The molecule has 324 valence electrons. The van der Waals surface area contributed by atoms with Gasteiger partial charge in [0.15, 0.2) is 11.6 Å². The van der Waals surface area contributed by atoms with Gasteiger partial charge in [-0.3, -0.25) is 0 Å². The Bertz CT molecular complexity index is 1920. The number of aryl methyl sites for hydroxylation is 2. The first-order valence-corrected chi connectivity index (χ1v) is 20.0. The van der Waals surface area contributed by atoms with Gasteiger partial charge in [-0.05, 0) is 97.4 Å². The molecule has 11 nitrogen and oxygen atoms in total. The predicted octanol–water partition coefficient (Wildman–Crippen LogP) is 7.86. The van der Waals surface area contributed by atoms with Crippen molar-refractivity contribution in [2.75, 3.05) is 0 Å². The van der Waals surface area contributed by atoms with Crippen molar-refractivity contribution >= 4 is 24.1 Å². The molecule has 0 aromatic heterocycles. The summed E-state index contributed by atoms with van der Waals surface area (Å²) in [6.45, 7) is 17.6. The van der Waals surface area contributed by atoms with Crippen LogP contribution in [0.25, 0.3) is 12.2 Å². The first-order chi connectivity index (χ1) is 27.5. The van der Waals surface area contributed by atoms with Crippen LogP contribution < -0.4 is 0 Å². The summed E-state index contributed by atoms with van der Waals surface area (Å²) in [5.41, 5.74) is 1.45. The van der Waals surface area contributed by atoms with Crippen LogP contribution in [0.5, 0.6) is 0 Å². The molecule has 0 spiro atoms. The van der Waals surface area contributed by atoms with Crippen LogP contribution in [-0.4, -0.2) is 92.8 Å². The number of hydrogen-bond acceptors (Lipinski definition) is 10. The second kappa shape index (κ2) is 20.0. The van der Waals surface area contributed by atoms with Crippen LogP contribution >= 0.6 is 0 Å². The molecule has 2 fully saturated rings. The molecule has 3 heterocycles. The zero-order chi connectivity index (χ0) is 44.0. The number of fused-ring (bicyclic) bond motifs is 2. The Morgan fingerprint density at radius 2 is 1.56 bits per heavy atom. The fraction of sp³-hybridized carbons (Fsp3) is 0.522. The van der Waals surface area contributed by atoms with Crippen LogP contribution in [0.1, 0.15) is 111 Å². The highest BCUT2D eigenvalue weighted by molar-refractivity contribution is 5.95. The average Bonchev–Trinajstić information content (AvgIpc) is 3.64. The predicted molar refractivity (Wildman–Crippen MR) is 219 cm³/mol. The molecule has 10 atom stereocenters. The van der Waals surface area contributed by atoms with Gasteiger partial charge in [0.2, 0.25) is 0 Å². The first-order valence-electron chi connectivity index (χ1n) is 20.0. The van der Waals surface area contributed by atoms with Crippen LogP contribution in [-0.2, 0) is 23.7 Å². The van der Waals surface area contributed by atoms with E-state index in [1.807, 2.05) is 13.8 Å². The number of carboxylic acid groups (broad SMARTS) is 1. The molecule has 0 radical (unpaired) electrons. The van der Waals surface area contributed by atoms with Gasteiger partial charge in [0.25, 0.3) is 0 Å². The molecule has 2 unspecified atom stereocenters. The zero-order valence-corrected chi connectivity index (χ0v) is 35.5. The normalized spacial score (nSPS) is 28.8. The Morgan fingerprint density at radius 1 is 0.915 bits per heavy atom. The Kier molecular flexibility index (Phi) is 16.1. The fourth-order valence-electron chi connectivity index (χ4n) is 7.05. The number of esters is 1. The summed E-state index contributed by atoms with van der Waals surface area (Å²) in [7, 11) is 0. The fourth-order valence-corrected chi connectivity index (χ4v) is 7.05. The van der Waals surface area contributed by atoms with Crippen molar-refractivity contribution in [2.24, 2.45) is 11.8 Å². The SMILES string of the molecule is Cc1ccc(F)c(/C=C/C[C@@H]2OC(C)(C)O[C@@H]2C(O)/C=C\[C@@H](C)[C@H](C)O)c1C(=O)O.Cc1ccc(F)c2c1C(=O)O[C@@H](C)[C@H](C)/C=C\C(O)[C@H]1OC(C)(C)O[C@H]1CC=C2. The second-order valence-electron chi connectivity index (χ2n) is 16.5. The van der Waals surface area contributed by atoms with E-state index in [0.29, 0.717) is 17.5 Å². The summed E-state index contributed by atoms with van der Waals surface area (Å²) in [4.78, 5) is 24.3. The van der Waals surface area contributed by atoms with E-state index in [0.717, 1.165) is 0 Å². The van der Waals surface area contributed by atoms with Gasteiger partial charge in [-0.15, -0.1) is 0 Å². The van der Waals surface area contributed by atoms with Crippen LogP contribution in [0, 0.1) is 37.3 Å². The van der Waals surface area contributed by atoms with Crippen molar-refractivity contribution in [3.8, 4) is 0 Å². The molecule has 0 bridgehead atoms. The molecule has 0 aliphatic carbocycles. The summed E-state index contributed by atoms with van der Waals surface area (Å²) in [6.07, 6.45) is 8.83. The number of carbonyl (C=O) groups excluding carboxylic acids is 1. The lowest BCUT2D eigenvalue weighted by Crippen LogP contribution is -2.34. The molecule has 0 saturated carbocycles. The van der Waals surface area contributed by atoms with Crippen molar-refractivity contribution in [3.05, 3.63) is 106 Å². The van der Waals surface area contributed by atoms with E-state index in [-0.39, 0.29) is 40.5 Å². The third kappa shape index (κ3) is 12.5. The smallest absolute Gasteiger partial charge is 0.339 e. The van der Waals surface area contributed by atoms with Gasteiger partial charge in [0.05, 0.1) is 29.4 Å². The van der Waals surface area contributed by atoms with Crippen molar-refractivity contribution < 1.29 is 62.5 Å². The second-order valence-corrected chi connectivity index (χ2v) is 16.5. The van der Waals surface area contributed by atoms with E-state index in [2.05, 4.69) is 0 Å². The Balaban J connectivity index is 0.000000261. The molecule has 0 amide bonds. The highest BCUT2D eigenvalue weighted by atomic mass is 19.1. The number of carbonyl (C=O) groups is 2. The Hall–Kier alpha value is -4.08. The van der Waals surface area contributed by atoms with E-state index < -0.39 is 84.0 Å². The highest BCUT2D eigenvalue weighted by Crippen LogP contribution is 2.35. The van der Waals surface area contributed by atoms with Crippen LogP contribution in [0.2, 0.25) is 0 Å². The van der Waals surface area contributed by atoms with Gasteiger partial charge in [-0.1, -0.05) is 74.6 Å². The molecule has 59 heavy (non-hydrogen) atoms. The van der Waals surface area contributed by atoms with Crippen molar-refractivity contribution in [1.82, 2.24) is 0 Å². The monoisotopic (exact) mass is 826 g/mol. The summed E-state index contributed by atoms with van der Waals surface area (Å²) in [5, 5.41) is 40.2. The topological polar surface area (TPSA) is 161 Å². The lowest BCUT2D eigenvalue weighted by atomic mass is 9.97. The Morgan fingerprint density at radius 3 is 2.22 bits per heavy atom. The molecule has 3 aliphatic rings. The molecule has 2 aromatic carbocycles. The van der Waals surface area contributed by atoms with E-state index >= 15 is 0 Å². The maximum atomic E-state index is 14.6. The van der Waals surface area contributed by atoms with Gasteiger partial charge < -0.3 is 44.1 Å². The molecule has 5 rings (SSSR count). The van der Waals surface area contributed by atoms with E-state index in [1.54, 1.807) is 104 Å². The van der Waals surface area contributed by atoms with E-state index in [1.165, 1.54) is 24.3 Å². The van der Waals surface area contributed by atoms with Gasteiger partial charge >= 0.3 is 11.9 Å². The van der Waals surface area contributed by atoms with Gasteiger partial charge in [0, 0.05) is 17.0 Å². The number of halogens is 2. The number of cyclic esters (lactones) is 1. The molecule has 13 heteroatoms. The summed E-state index contributed by atoms with van der Waals surface area (Å²) >= 11 is 0. The lowest BCUT2D eigenvalue weighted by molar-refractivity contribution is -0.152. The number of aromatic carboxylic acids is 1. The maximum Gasteiger partial charge on any atom is 0.339 e. The standard InChI is InChI=1S/C23H31FO6.C23H29FO5/c1-13(15(3)25)10-12-18(26)21-19(29-23(4,5)30-21)8-6-7-16-17(24)11-9-14(2)20(16)22(27)28;1-13-10-12-18(25)21-19(28-23(4,5)29-21)8-6-7-16-17(24)11-9-14(2)20(16)22(26)27-15(13)3/h6-7,9-13,15,18-19,21,25-26H,8H2,1-5H3,(H,27,28);6-7,9-13,15,18-19,21,25H,8H2,1-5H3/b7-6+,12-10-;7-6?,12-10-/t2*13-,15+,18?,19+,21-/m11/s1. The minimum absolute atomic E-state index is 0.00317.